The van der Waals surface area contributed by atoms with Crippen LogP contribution in [0.3, 0.4) is 0 Å². The van der Waals surface area contributed by atoms with Gasteiger partial charge in [0, 0.05) is 56.6 Å². The van der Waals surface area contributed by atoms with Crippen molar-refractivity contribution in [3.8, 4) is 0 Å². The molecule has 2 aromatic heterocycles. The number of rotatable bonds is 5. The van der Waals surface area contributed by atoms with E-state index in [-0.39, 0.29) is 29.6 Å². The number of nitrogens with one attached hydrogen (secondary N) is 1. The third-order valence-electron chi connectivity index (χ3n) is 6.50. The summed E-state index contributed by atoms with van der Waals surface area (Å²) >= 11 is 0. The predicted molar refractivity (Wildman–Crippen MR) is 121 cm³/mol. The fraction of sp³-hybridized carbons (Fsp3) is 0.360. The Labute approximate surface area is 191 Å². The molecule has 1 amide bonds. The Morgan fingerprint density at radius 2 is 2.00 bits per heavy atom. The van der Waals surface area contributed by atoms with Gasteiger partial charge >= 0.3 is 0 Å². The van der Waals surface area contributed by atoms with Gasteiger partial charge in [-0.05, 0) is 42.2 Å². The van der Waals surface area contributed by atoms with Gasteiger partial charge in [-0.1, -0.05) is 18.2 Å². The highest BCUT2D eigenvalue weighted by molar-refractivity contribution is 5.79. The summed E-state index contributed by atoms with van der Waals surface area (Å²) in [5.41, 5.74) is 3.46. The second kappa shape index (κ2) is 9.23. The maximum absolute atomic E-state index is 13.1. The lowest BCUT2D eigenvalue weighted by atomic mass is 10.0. The largest absolute Gasteiger partial charge is 0.342 e. The van der Waals surface area contributed by atoms with Crippen LogP contribution < -0.4 is 5.56 Å². The van der Waals surface area contributed by atoms with Crippen molar-refractivity contribution in [3.63, 3.8) is 0 Å². The van der Waals surface area contributed by atoms with Crippen molar-refractivity contribution >= 4 is 5.91 Å². The molecule has 0 saturated carbocycles. The summed E-state index contributed by atoms with van der Waals surface area (Å²) in [5.74, 6) is 0.369. The molecule has 170 valence electrons. The molecule has 0 bridgehead atoms. The first-order valence-corrected chi connectivity index (χ1v) is 11.3. The Bertz CT molecular complexity index is 1200. The molecule has 1 fully saturated rings. The van der Waals surface area contributed by atoms with E-state index in [1.807, 2.05) is 17.2 Å². The SMILES string of the molecule is O=C(Cc1ccc(F)cc1)N1CC[C@H](c2nc3c(c(=O)[nH]2)CCN(Cc2cccnc2)C3)C1. The van der Waals surface area contributed by atoms with Gasteiger partial charge in [0.05, 0.1) is 12.1 Å². The third kappa shape index (κ3) is 4.85. The molecule has 5 rings (SSSR count). The highest BCUT2D eigenvalue weighted by atomic mass is 19.1. The first-order chi connectivity index (χ1) is 16.0. The highest BCUT2D eigenvalue weighted by Gasteiger charge is 2.30. The zero-order valence-corrected chi connectivity index (χ0v) is 18.3. The van der Waals surface area contributed by atoms with Crippen molar-refractivity contribution < 1.29 is 9.18 Å². The molecule has 1 saturated heterocycles. The van der Waals surface area contributed by atoms with E-state index in [1.165, 1.54) is 12.1 Å². The second-order valence-corrected chi connectivity index (χ2v) is 8.83. The second-order valence-electron chi connectivity index (χ2n) is 8.83. The van der Waals surface area contributed by atoms with Crippen LogP contribution in [0.4, 0.5) is 4.39 Å². The van der Waals surface area contributed by atoms with Crippen LogP contribution in [0.15, 0.2) is 53.6 Å². The van der Waals surface area contributed by atoms with E-state index in [4.69, 9.17) is 4.98 Å². The Kier molecular flexibility index (Phi) is 6.00. The van der Waals surface area contributed by atoms with Gasteiger partial charge in [-0.2, -0.15) is 0 Å². The monoisotopic (exact) mass is 447 g/mol. The fourth-order valence-electron chi connectivity index (χ4n) is 4.69. The Hall–Kier alpha value is -3.39. The number of aromatic nitrogens is 3. The molecule has 33 heavy (non-hydrogen) atoms. The summed E-state index contributed by atoms with van der Waals surface area (Å²) in [6.07, 6.45) is 5.30. The van der Waals surface area contributed by atoms with E-state index >= 15 is 0 Å². The van der Waals surface area contributed by atoms with Crippen molar-refractivity contribution in [2.45, 2.75) is 38.3 Å². The van der Waals surface area contributed by atoms with Crippen LogP contribution in [-0.4, -0.2) is 50.3 Å². The molecule has 0 unspecified atom stereocenters. The number of amides is 1. The van der Waals surface area contributed by atoms with Gasteiger partial charge in [0.1, 0.15) is 11.6 Å². The summed E-state index contributed by atoms with van der Waals surface area (Å²) < 4.78 is 13.1. The highest BCUT2D eigenvalue weighted by Crippen LogP contribution is 2.26. The number of nitrogens with zero attached hydrogens (tertiary/aromatic N) is 4. The molecule has 4 heterocycles. The molecule has 0 aliphatic carbocycles. The van der Waals surface area contributed by atoms with Crippen molar-refractivity contribution in [1.82, 2.24) is 24.8 Å². The predicted octanol–water partition coefficient (Wildman–Crippen LogP) is 2.42. The van der Waals surface area contributed by atoms with Gasteiger partial charge in [-0.15, -0.1) is 0 Å². The van der Waals surface area contributed by atoms with Crippen LogP contribution in [0.25, 0.3) is 0 Å². The maximum Gasteiger partial charge on any atom is 0.254 e. The molecule has 3 aromatic rings. The molecule has 1 atom stereocenters. The lowest BCUT2D eigenvalue weighted by Crippen LogP contribution is -2.36. The van der Waals surface area contributed by atoms with Crippen molar-refractivity contribution in [3.05, 3.63) is 93.2 Å². The summed E-state index contributed by atoms with van der Waals surface area (Å²) in [4.78, 5) is 41.6. The maximum atomic E-state index is 13.1. The molecular weight excluding hydrogens is 421 g/mol. The average molecular weight is 448 g/mol. The van der Waals surface area contributed by atoms with Gasteiger partial charge in [-0.3, -0.25) is 19.5 Å². The number of hydrogen-bond acceptors (Lipinski definition) is 5. The molecule has 8 heteroatoms. The number of pyridine rings is 1. The Balaban J connectivity index is 1.26. The quantitative estimate of drug-likeness (QED) is 0.650. The van der Waals surface area contributed by atoms with Crippen molar-refractivity contribution in [2.75, 3.05) is 19.6 Å². The summed E-state index contributed by atoms with van der Waals surface area (Å²) in [7, 11) is 0. The summed E-state index contributed by atoms with van der Waals surface area (Å²) in [5, 5.41) is 0. The number of carbonyl (C=O) groups is 1. The summed E-state index contributed by atoms with van der Waals surface area (Å²) in [6, 6.07) is 10.00. The molecule has 1 N–H and O–H groups in total. The molecule has 2 aliphatic rings. The zero-order chi connectivity index (χ0) is 22.8. The number of hydrogen-bond donors (Lipinski definition) is 1. The van der Waals surface area contributed by atoms with E-state index in [2.05, 4.69) is 20.9 Å². The molecule has 1 aromatic carbocycles. The van der Waals surface area contributed by atoms with Crippen LogP contribution in [0.1, 0.15) is 40.5 Å². The smallest absolute Gasteiger partial charge is 0.254 e. The van der Waals surface area contributed by atoms with Crippen LogP contribution in [-0.2, 0) is 30.7 Å². The van der Waals surface area contributed by atoms with E-state index < -0.39 is 0 Å². The van der Waals surface area contributed by atoms with Gasteiger partial charge in [0.25, 0.3) is 5.56 Å². The first-order valence-electron chi connectivity index (χ1n) is 11.3. The third-order valence-corrected chi connectivity index (χ3v) is 6.50. The molecular formula is C25H26FN5O2. The van der Waals surface area contributed by atoms with E-state index in [9.17, 15) is 14.0 Å². The fourth-order valence-corrected chi connectivity index (χ4v) is 4.69. The lowest BCUT2D eigenvalue weighted by molar-refractivity contribution is -0.129. The number of likely N-dealkylation sites (tertiary alicyclic amines) is 1. The Morgan fingerprint density at radius 3 is 2.79 bits per heavy atom. The van der Waals surface area contributed by atoms with Gasteiger partial charge in [0.2, 0.25) is 5.91 Å². The van der Waals surface area contributed by atoms with Gasteiger partial charge in [0.15, 0.2) is 0 Å². The van der Waals surface area contributed by atoms with E-state index in [1.54, 1.807) is 18.3 Å². The van der Waals surface area contributed by atoms with Gasteiger partial charge < -0.3 is 9.88 Å². The topological polar surface area (TPSA) is 82.2 Å². The normalized spacial score (nSPS) is 18.3. The number of halogens is 1. The molecule has 0 radical (unpaired) electrons. The number of benzene rings is 1. The number of fused-ring (bicyclic) bond motifs is 1. The van der Waals surface area contributed by atoms with Crippen LogP contribution >= 0.6 is 0 Å². The summed E-state index contributed by atoms with van der Waals surface area (Å²) in [6.45, 7) is 3.36. The van der Waals surface area contributed by atoms with Crippen molar-refractivity contribution in [1.29, 1.82) is 0 Å². The van der Waals surface area contributed by atoms with E-state index in [0.717, 1.165) is 41.9 Å². The lowest BCUT2D eigenvalue weighted by Gasteiger charge is -2.28. The molecule has 0 spiro atoms. The minimum absolute atomic E-state index is 0.00654. The first kappa shape index (κ1) is 21.5. The number of aromatic amines is 1. The average Bonchev–Trinajstić information content (AvgIpc) is 3.32. The molecule has 7 nitrogen and oxygen atoms in total. The molecule has 2 aliphatic heterocycles. The van der Waals surface area contributed by atoms with Crippen molar-refractivity contribution in [2.24, 2.45) is 0 Å². The van der Waals surface area contributed by atoms with E-state index in [0.29, 0.717) is 31.9 Å². The van der Waals surface area contributed by atoms with Gasteiger partial charge in [-0.25, -0.2) is 9.37 Å². The zero-order valence-electron chi connectivity index (χ0n) is 18.3. The minimum atomic E-state index is -0.311. The number of H-pyrrole nitrogens is 1. The standard InChI is InChI=1S/C25H26FN5O2/c26-20-5-3-17(4-6-20)12-23(32)31-11-7-19(15-31)24-28-22-16-30(10-8-21(22)25(33)29-24)14-18-2-1-9-27-13-18/h1-6,9,13,19H,7-8,10-12,14-16H2,(H,28,29,33)/t19-/m0/s1. The van der Waals surface area contributed by atoms with Crippen LogP contribution in [0, 0.1) is 5.82 Å². The minimum Gasteiger partial charge on any atom is -0.342 e. The Morgan fingerprint density at radius 1 is 1.15 bits per heavy atom. The number of carbonyl (C=O) groups excluding carboxylic acids is 1. The van der Waals surface area contributed by atoms with Crippen LogP contribution in [0.5, 0.6) is 0 Å². The van der Waals surface area contributed by atoms with Crippen LogP contribution in [0.2, 0.25) is 0 Å².